The van der Waals surface area contributed by atoms with Crippen molar-refractivity contribution in [1.82, 2.24) is 15.1 Å². The number of hydrogen-bond acceptors (Lipinski definition) is 2. The Morgan fingerprint density at radius 1 is 1.37 bits per heavy atom. The molecular formula is C12H19ClF3N3. The summed E-state index contributed by atoms with van der Waals surface area (Å²) in [5.74, 6) is 0. The number of aromatic nitrogens is 2. The Kier molecular flexibility index (Phi) is 6.13. The van der Waals surface area contributed by atoms with E-state index in [1.165, 1.54) is 6.20 Å². The number of nitrogens with one attached hydrogen (secondary N) is 1. The van der Waals surface area contributed by atoms with Crippen LogP contribution in [0.1, 0.15) is 44.8 Å². The zero-order valence-electron chi connectivity index (χ0n) is 11.1. The first kappa shape index (κ1) is 16.3. The van der Waals surface area contributed by atoms with Gasteiger partial charge in [0.05, 0.1) is 29.4 Å². The topological polar surface area (TPSA) is 29.9 Å². The summed E-state index contributed by atoms with van der Waals surface area (Å²) in [4.78, 5) is 0. The minimum absolute atomic E-state index is 0.284. The van der Waals surface area contributed by atoms with Gasteiger partial charge >= 0.3 is 6.18 Å². The van der Waals surface area contributed by atoms with Gasteiger partial charge in [-0.2, -0.15) is 18.3 Å². The molecule has 1 N–H and O–H groups in total. The largest absolute Gasteiger partial charge is 0.390 e. The van der Waals surface area contributed by atoms with Crippen molar-refractivity contribution in [2.45, 2.75) is 51.9 Å². The predicted octanol–water partition coefficient (Wildman–Crippen LogP) is 3.94. The maximum atomic E-state index is 12.7. The van der Waals surface area contributed by atoms with Gasteiger partial charge in [-0.1, -0.05) is 25.4 Å². The van der Waals surface area contributed by atoms with Gasteiger partial charge < -0.3 is 5.32 Å². The van der Waals surface area contributed by atoms with Crippen molar-refractivity contribution in [1.29, 1.82) is 0 Å². The van der Waals surface area contributed by atoms with Gasteiger partial charge in [0.2, 0.25) is 0 Å². The van der Waals surface area contributed by atoms with Crippen LogP contribution in [0.25, 0.3) is 0 Å². The number of alkyl halides is 3. The maximum absolute atomic E-state index is 12.7. The lowest BCUT2D eigenvalue weighted by molar-refractivity contribution is -0.140. The number of hydrogen-bond donors (Lipinski definition) is 1. The average molecular weight is 298 g/mol. The molecule has 0 saturated carbocycles. The van der Waals surface area contributed by atoms with Crippen molar-refractivity contribution in [2.75, 3.05) is 6.54 Å². The van der Waals surface area contributed by atoms with Crippen LogP contribution in [0.5, 0.6) is 0 Å². The highest BCUT2D eigenvalue weighted by molar-refractivity contribution is 6.31. The lowest BCUT2D eigenvalue weighted by Crippen LogP contribution is -2.29. The smallest absolute Gasteiger partial charge is 0.308 e. The molecule has 19 heavy (non-hydrogen) atoms. The standard InChI is InChI=1S/C12H19ClF3N3/c1-3-5-17-10(7-12(14,15)16)11-9(13)8-18-19(11)6-4-2/h8,10,17H,3-7H2,1-2H3. The van der Waals surface area contributed by atoms with Crippen LogP contribution in [0.3, 0.4) is 0 Å². The van der Waals surface area contributed by atoms with Gasteiger partial charge in [-0.3, -0.25) is 4.68 Å². The minimum Gasteiger partial charge on any atom is -0.308 e. The summed E-state index contributed by atoms with van der Waals surface area (Å²) in [7, 11) is 0. The molecule has 7 heteroatoms. The fourth-order valence-electron chi connectivity index (χ4n) is 1.92. The zero-order chi connectivity index (χ0) is 14.5. The maximum Gasteiger partial charge on any atom is 0.390 e. The van der Waals surface area contributed by atoms with E-state index in [-0.39, 0.29) is 5.02 Å². The van der Waals surface area contributed by atoms with Crippen LogP contribution in [0.4, 0.5) is 13.2 Å². The Labute approximate surface area is 116 Å². The van der Waals surface area contributed by atoms with Crippen molar-refractivity contribution >= 4 is 11.6 Å². The second-order valence-corrected chi connectivity index (χ2v) is 4.83. The van der Waals surface area contributed by atoms with Crippen LogP contribution in [0.2, 0.25) is 5.02 Å². The third-order valence-electron chi connectivity index (χ3n) is 2.68. The molecule has 1 rings (SSSR count). The van der Waals surface area contributed by atoms with Gasteiger partial charge in [0.1, 0.15) is 0 Å². The highest BCUT2D eigenvalue weighted by Crippen LogP contribution is 2.32. The van der Waals surface area contributed by atoms with E-state index in [4.69, 9.17) is 11.6 Å². The van der Waals surface area contributed by atoms with Crippen LogP contribution in [0, 0.1) is 0 Å². The van der Waals surface area contributed by atoms with Crippen molar-refractivity contribution in [2.24, 2.45) is 0 Å². The molecule has 0 radical (unpaired) electrons. The average Bonchev–Trinajstić information content (AvgIpc) is 2.65. The van der Waals surface area contributed by atoms with E-state index in [1.54, 1.807) is 4.68 Å². The Morgan fingerprint density at radius 2 is 2.05 bits per heavy atom. The number of aryl methyl sites for hydroxylation is 1. The number of halogens is 4. The highest BCUT2D eigenvalue weighted by Gasteiger charge is 2.34. The van der Waals surface area contributed by atoms with E-state index in [0.29, 0.717) is 18.8 Å². The number of nitrogens with zero attached hydrogens (tertiary/aromatic N) is 2. The molecule has 3 nitrogen and oxygen atoms in total. The van der Waals surface area contributed by atoms with Crippen LogP contribution in [0.15, 0.2) is 6.20 Å². The van der Waals surface area contributed by atoms with Gasteiger partial charge in [0.15, 0.2) is 0 Å². The minimum atomic E-state index is -4.24. The second-order valence-electron chi connectivity index (χ2n) is 4.43. The Morgan fingerprint density at radius 3 is 2.58 bits per heavy atom. The molecule has 0 aliphatic heterocycles. The third kappa shape index (κ3) is 5.03. The monoisotopic (exact) mass is 297 g/mol. The van der Waals surface area contributed by atoms with E-state index in [1.807, 2.05) is 13.8 Å². The molecule has 110 valence electrons. The van der Waals surface area contributed by atoms with Crippen molar-refractivity contribution < 1.29 is 13.2 Å². The molecule has 0 amide bonds. The van der Waals surface area contributed by atoms with Crippen LogP contribution in [-0.2, 0) is 6.54 Å². The molecule has 1 unspecified atom stereocenters. The Hall–Kier alpha value is -0.750. The molecule has 1 aromatic rings. The summed E-state index contributed by atoms with van der Waals surface area (Å²) in [6.07, 6.45) is -2.23. The number of rotatable bonds is 7. The molecule has 1 heterocycles. The summed E-state index contributed by atoms with van der Waals surface area (Å²) in [5.41, 5.74) is 0.425. The van der Waals surface area contributed by atoms with Crippen LogP contribution < -0.4 is 5.32 Å². The first-order valence-electron chi connectivity index (χ1n) is 6.40. The molecule has 0 fully saturated rings. The molecule has 0 spiro atoms. The van der Waals surface area contributed by atoms with E-state index in [9.17, 15) is 13.2 Å². The first-order chi connectivity index (χ1) is 8.89. The van der Waals surface area contributed by atoms with Crippen LogP contribution in [-0.4, -0.2) is 22.5 Å². The molecular weight excluding hydrogens is 279 g/mol. The quantitative estimate of drug-likeness (QED) is 0.826. The molecule has 1 atom stereocenters. The molecule has 1 aromatic heterocycles. The summed E-state index contributed by atoms with van der Waals surface area (Å²) in [6, 6.07) is -0.846. The van der Waals surface area contributed by atoms with Gasteiger partial charge in [-0.25, -0.2) is 0 Å². The lowest BCUT2D eigenvalue weighted by atomic mass is 10.1. The lowest BCUT2D eigenvalue weighted by Gasteiger charge is -2.21. The highest BCUT2D eigenvalue weighted by atomic mass is 35.5. The molecule has 0 saturated heterocycles. The summed E-state index contributed by atoms with van der Waals surface area (Å²) in [5, 5.41) is 7.23. The zero-order valence-corrected chi connectivity index (χ0v) is 11.9. The normalized spacial score (nSPS) is 13.8. The SMILES string of the molecule is CCCNC(CC(F)(F)F)c1c(Cl)cnn1CCC. The van der Waals surface area contributed by atoms with Gasteiger partial charge in [-0.15, -0.1) is 0 Å². The third-order valence-corrected chi connectivity index (χ3v) is 2.97. The first-order valence-corrected chi connectivity index (χ1v) is 6.78. The predicted molar refractivity (Wildman–Crippen MR) is 69.2 cm³/mol. The molecule has 0 aliphatic carbocycles. The summed E-state index contributed by atoms with van der Waals surface area (Å²) >= 11 is 5.99. The van der Waals surface area contributed by atoms with Gasteiger partial charge in [0.25, 0.3) is 0 Å². The molecule has 0 aliphatic rings. The van der Waals surface area contributed by atoms with E-state index in [2.05, 4.69) is 10.4 Å². The van der Waals surface area contributed by atoms with Crippen LogP contribution >= 0.6 is 11.6 Å². The van der Waals surface area contributed by atoms with E-state index in [0.717, 1.165) is 12.8 Å². The fourth-order valence-corrected chi connectivity index (χ4v) is 2.20. The molecule has 0 bridgehead atoms. The second kappa shape index (κ2) is 7.14. The fraction of sp³-hybridized carbons (Fsp3) is 0.750. The van der Waals surface area contributed by atoms with E-state index < -0.39 is 18.6 Å². The Balaban J connectivity index is 2.98. The van der Waals surface area contributed by atoms with Crippen molar-refractivity contribution in [3.63, 3.8) is 0 Å². The van der Waals surface area contributed by atoms with Crippen molar-refractivity contribution in [3.8, 4) is 0 Å². The van der Waals surface area contributed by atoms with Crippen molar-refractivity contribution in [3.05, 3.63) is 16.9 Å². The summed E-state index contributed by atoms with van der Waals surface area (Å²) in [6.45, 7) is 4.92. The van der Waals surface area contributed by atoms with Gasteiger partial charge in [0, 0.05) is 6.54 Å². The van der Waals surface area contributed by atoms with Gasteiger partial charge in [-0.05, 0) is 19.4 Å². The molecule has 0 aromatic carbocycles. The Bertz CT molecular complexity index is 390. The summed E-state index contributed by atoms with van der Waals surface area (Å²) < 4.78 is 39.5. The van der Waals surface area contributed by atoms with E-state index >= 15 is 0 Å².